The highest BCUT2D eigenvalue weighted by molar-refractivity contribution is 8.03. The van der Waals surface area contributed by atoms with E-state index < -0.39 is 12.1 Å². The van der Waals surface area contributed by atoms with Gasteiger partial charge in [-0.1, -0.05) is 32.2 Å². The van der Waals surface area contributed by atoms with Crippen molar-refractivity contribution in [1.29, 1.82) is 0 Å². The molecule has 0 bridgehead atoms. The summed E-state index contributed by atoms with van der Waals surface area (Å²) in [6, 6.07) is -0.168. The van der Waals surface area contributed by atoms with Crippen molar-refractivity contribution in [2.45, 2.75) is 43.5 Å². The fraction of sp³-hybridized carbons (Fsp3) is 0.565. The van der Waals surface area contributed by atoms with Gasteiger partial charge in [0.05, 0.1) is 12.0 Å². The average Bonchev–Trinajstić information content (AvgIpc) is 3.29. The van der Waals surface area contributed by atoms with Gasteiger partial charge in [0.2, 0.25) is 11.8 Å². The zero-order valence-corrected chi connectivity index (χ0v) is 19.5. The van der Waals surface area contributed by atoms with Crippen LogP contribution in [-0.2, 0) is 23.9 Å². The Morgan fingerprint density at radius 2 is 1.94 bits per heavy atom. The number of fused-ring (bicyclic) bond motifs is 1. The van der Waals surface area contributed by atoms with Crippen LogP contribution in [0, 0.1) is 11.8 Å². The predicted molar refractivity (Wildman–Crippen MR) is 122 cm³/mol. The molecule has 0 saturated carbocycles. The lowest BCUT2D eigenvalue weighted by Gasteiger charge is -2.37. The fourth-order valence-electron chi connectivity index (χ4n) is 4.85. The first-order valence-corrected chi connectivity index (χ1v) is 12.1. The van der Waals surface area contributed by atoms with Gasteiger partial charge in [-0.25, -0.2) is 9.59 Å². The summed E-state index contributed by atoms with van der Waals surface area (Å²) in [5.74, 6) is -0.697. The highest BCUT2D eigenvalue weighted by Gasteiger charge is 2.53. The van der Waals surface area contributed by atoms with Crippen LogP contribution in [0.1, 0.15) is 26.2 Å². The smallest absolute Gasteiger partial charge is 0.410 e. The van der Waals surface area contributed by atoms with Crippen molar-refractivity contribution in [3.05, 3.63) is 35.9 Å². The Balaban J connectivity index is 1.52. The van der Waals surface area contributed by atoms with E-state index in [0.717, 1.165) is 4.91 Å². The third kappa shape index (κ3) is 4.40. The van der Waals surface area contributed by atoms with Crippen LogP contribution in [0.25, 0.3) is 0 Å². The molecule has 0 aromatic heterocycles. The van der Waals surface area contributed by atoms with Gasteiger partial charge in [0, 0.05) is 41.6 Å². The Hall–Kier alpha value is -2.75. The summed E-state index contributed by atoms with van der Waals surface area (Å²) in [4.78, 5) is 53.6. The SMILES string of the molecule is C=CCOC(=O)C1=C(SC2C[C@@H](CC3CNC3=O)N(C(=O)OCC=C)C2)C(C)C2CC(=O)N12. The molecule has 5 atom stereocenters. The molecular formula is C23H29N3O6S. The summed E-state index contributed by atoms with van der Waals surface area (Å²) in [5, 5.41) is 2.75. The zero-order chi connectivity index (χ0) is 23.7. The zero-order valence-electron chi connectivity index (χ0n) is 18.7. The van der Waals surface area contributed by atoms with Crippen LogP contribution in [0.3, 0.4) is 0 Å². The summed E-state index contributed by atoms with van der Waals surface area (Å²) >= 11 is 1.53. The van der Waals surface area contributed by atoms with Crippen molar-refractivity contribution in [1.82, 2.24) is 15.1 Å². The molecule has 4 aliphatic rings. The lowest BCUT2D eigenvalue weighted by molar-refractivity contribution is -0.150. The molecule has 4 rings (SSSR count). The van der Waals surface area contributed by atoms with E-state index >= 15 is 0 Å². The summed E-state index contributed by atoms with van der Waals surface area (Å²) in [7, 11) is 0. The number of thioether (sulfide) groups is 1. The molecule has 178 valence electrons. The van der Waals surface area contributed by atoms with Crippen LogP contribution in [-0.4, -0.2) is 77.3 Å². The number of nitrogens with zero attached hydrogens (tertiary/aromatic N) is 2. The van der Waals surface area contributed by atoms with Crippen molar-refractivity contribution < 1.29 is 28.7 Å². The number of β-lactam (4-membered cyclic amide) rings is 2. The Bertz CT molecular complexity index is 918. The molecule has 3 saturated heterocycles. The number of carbonyl (C=O) groups is 4. The maximum absolute atomic E-state index is 12.8. The second-order valence-corrected chi connectivity index (χ2v) is 10.1. The van der Waals surface area contributed by atoms with Gasteiger partial charge in [0.15, 0.2) is 0 Å². The van der Waals surface area contributed by atoms with Gasteiger partial charge in [0.1, 0.15) is 18.9 Å². The minimum atomic E-state index is -0.525. The molecule has 3 fully saturated rings. The maximum Gasteiger partial charge on any atom is 0.410 e. The molecule has 0 spiro atoms. The molecule has 4 unspecified atom stereocenters. The molecule has 0 radical (unpaired) electrons. The number of amides is 3. The second kappa shape index (κ2) is 9.62. The van der Waals surface area contributed by atoms with E-state index in [9.17, 15) is 19.2 Å². The highest BCUT2D eigenvalue weighted by Crippen LogP contribution is 2.50. The molecule has 4 heterocycles. The summed E-state index contributed by atoms with van der Waals surface area (Å²) < 4.78 is 10.5. The second-order valence-electron chi connectivity index (χ2n) is 8.75. The van der Waals surface area contributed by atoms with E-state index in [4.69, 9.17) is 9.47 Å². The Kier molecular flexibility index (Phi) is 6.83. The van der Waals surface area contributed by atoms with Crippen LogP contribution in [0.4, 0.5) is 4.79 Å². The third-order valence-electron chi connectivity index (χ3n) is 6.65. The number of rotatable bonds is 9. The monoisotopic (exact) mass is 475 g/mol. The van der Waals surface area contributed by atoms with E-state index in [1.807, 2.05) is 6.92 Å². The topological polar surface area (TPSA) is 105 Å². The molecule has 9 nitrogen and oxygen atoms in total. The van der Waals surface area contributed by atoms with Gasteiger partial charge in [-0.3, -0.25) is 9.59 Å². The molecule has 10 heteroatoms. The number of hydrogen-bond donors (Lipinski definition) is 1. The molecule has 1 N–H and O–H groups in total. The third-order valence-corrected chi connectivity index (χ3v) is 8.15. The van der Waals surface area contributed by atoms with Crippen LogP contribution in [0.5, 0.6) is 0 Å². The largest absolute Gasteiger partial charge is 0.457 e. The Morgan fingerprint density at radius 1 is 1.21 bits per heavy atom. The predicted octanol–water partition coefficient (Wildman–Crippen LogP) is 1.81. The fourth-order valence-corrected chi connectivity index (χ4v) is 6.43. The van der Waals surface area contributed by atoms with Crippen molar-refractivity contribution in [3.8, 4) is 0 Å². The standard InChI is InChI=1S/C23H29N3O6S/c1-4-6-31-22(29)19-20(13(3)17-10-18(27)26(17)19)33-16-9-15(8-14-11-24-21(14)28)25(12-16)23(30)32-7-5-2/h4-5,13-17H,1-2,6-12H2,3H3,(H,24,28)/t13?,14?,15-,16?,17?/m1/s1. The van der Waals surface area contributed by atoms with Gasteiger partial charge >= 0.3 is 12.1 Å². The molecule has 4 aliphatic heterocycles. The lowest BCUT2D eigenvalue weighted by Crippen LogP contribution is -2.51. The minimum Gasteiger partial charge on any atom is -0.457 e. The Labute approximate surface area is 197 Å². The summed E-state index contributed by atoms with van der Waals surface area (Å²) in [5.41, 5.74) is 0.318. The number of esters is 1. The highest BCUT2D eigenvalue weighted by atomic mass is 32.2. The normalized spacial score (nSPS) is 30.3. The summed E-state index contributed by atoms with van der Waals surface area (Å²) in [6.07, 6.45) is 4.23. The van der Waals surface area contributed by atoms with Crippen LogP contribution in [0.15, 0.2) is 35.9 Å². The minimum absolute atomic E-state index is 0.00266. The van der Waals surface area contributed by atoms with Gasteiger partial charge in [-0.05, 0) is 12.8 Å². The first-order chi connectivity index (χ1) is 15.8. The van der Waals surface area contributed by atoms with Gasteiger partial charge in [0.25, 0.3) is 0 Å². The van der Waals surface area contributed by atoms with Crippen LogP contribution in [0.2, 0.25) is 0 Å². The number of likely N-dealkylation sites (tertiary alicyclic amines) is 1. The number of ether oxygens (including phenoxy) is 2. The van der Waals surface area contributed by atoms with E-state index in [1.54, 1.807) is 9.80 Å². The molecule has 0 aliphatic carbocycles. The lowest BCUT2D eigenvalue weighted by atomic mass is 9.92. The average molecular weight is 476 g/mol. The van der Waals surface area contributed by atoms with E-state index in [1.165, 1.54) is 23.9 Å². The number of nitrogens with one attached hydrogen (secondary N) is 1. The molecular weight excluding hydrogens is 446 g/mol. The van der Waals surface area contributed by atoms with E-state index in [-0.39, 0.29) is 54.2 Å². The van der Waals surface area contributed by atoms with Gasteiger partial charge in [-0.2, -0.15) is 0 Å². The van der Waals surface area contributed by atoms with Gasteiger partial charge in [-0.15, -0.1) is 11.8 Å². The van der Waals surface area contributed by atoms with Crippen molar-refractivity contribution >= 4 is 35.6 Å². The number of carbonyl (C=O) groups excluding carboxylic acids is 4. The van der Waals surface area contributed by atoms with Crippen LogP contribution < -0.4 is 5.32 Å². The van der Waals surface area contributed by atoms with Crippen molar-refractivity contribution in [2.24, 2.45) is 11.8 Å². The molecule has 3 amide bonds. The quantitative estimate of drug-likeness (QED) is 0.308. The number of hydrogen-bond acceptors (Lipinski definition) is 7. The first-order valence-electron chi connectivity index (χ1n) is 11.2. The Morgan fingerprint density at radius 3 is 2.55 bits per heavy atom. The first kappa shape index (κ1) is 23.4. The van der Waals surface area contributed by atoms with E-state index in [2.05, 4.69) is 18.5 Å². The van der Waals surface area contributed by atoms with Gasteiger partial charge < -0.3 is 24.6 Å². The molecule has 0 aromatic carbocycles. The molecule has 0 aromatic rings. The van der Waals surface area contributed by atoms with E-state index in [0.29, 0.717) is 38.0 Å². The van der Waals surface area contributed by atoms with Crippen molar-refractivity contribution in [3.63, 3.8) is 0 Å². The summed E-state index contributed by atoms with van der Waals surface area (Å²) in [6.45, 7) is 10.4. The maximum atomic E-state index is 12.8. The van der Waals surface area contributed by atoms with Crippen LogP contribution >= 0.6 is 11.8 Å². The molecule has 33 heavy (non-hydrogen) atoms. The van der Waals surface area contributed by atoms with Crippen molar-refractivity contribution in [2.75, 3.05) is 26.3 Å².